The van der Waals surface area contributed by atoms with Gasteiger partial charge in [-0.25, -0.2) is 9.98 Å². The maximum atomic E-state index is 11.1. The van der Waals surface area contributed by atoms with Gasteiger partial charge in [-0.15, -0.1) is 0 Å². The van der Waals surface area contributed by atoms with Gasteiger partial charge in [0.05, 0.1) is 23.3 Å². The molecule has 4 rings (SSSR count). The van der Waals surface area contributed by atoms with Crippen LogP contribution >= 0.6 is 11.3 Å². The normalized spacial score (nSPS) is 12.7. The number of ether oxygens (including phenoxy) is 1. The highest BCUT2D eigenvalue weighted by molar-refractivity contribution is 7.15. The fourth-order valence-electron chi connectivity index (χ4n) is 3.03. The van der Waals surface area contributed by atoms with E-state index < -0.39 is 4.92 Å². The minimum Gasteiger partial charge on any atom is -0.497 e. The van der Waals surface area contributed by atoms with Crippen LogP contribution in [0.4, 0.5) is 10.8 Å². The molecule has 0 aliphatic heterocycles. The largest absolute Gasteiger partial charge is 0.497 e. The SMILES string of the molecule is COc1ccc2c(c1)-c1nc(/N=C/c3ccccc3[N+](=O)[O-])sc1CC2. The number of aryl methyl sites for hydroxylation is 2. The number of nitrogens with zero attached hydrogens (tertiary/aromatic N) is 3. The third-order valence-electron chi connectivity index (χ3n) is 4.33. The average molecular weight is 365 g/mol. The van der Waals surface area contributed by atoms with Crippen molar-refractivity contribution in [2.75, 3.05) is 7.11 Å². The minimum atomic E-state index is -0.406. The lowest BCUT2D eigenvalue weighted by molar-refractivity contribution is -0.385. The highest BCUT2D eigenvalue weighted by Gasteiger charge is 2.21. The first-order valence-corrected chi connectivity index (χ1v) is 8.92. The Kier molecular flexibility index (Phi) is 4.22. The Bertz CT molecular complexity index is 1030. The average Bonchev–Trinajstić information content (AvgIpc) is 3.09. The van der Waals surface area contributed by atoms with E-state index in [4.69, 9.17) is 4.74 Å². The number of methoxy groups -OCH3 is 1. The predicted octanol–water partition coefficient (Wildman–Crippen LogP) is 4.58. The van der Waals surface area contributed by atoms with E-state index in [0.717, 1.165) is 29.8 Å². The lowest BCUT2D eigenvalue weighted by atomic mass is 9.93. The number of aromatic nitrogens is 1. The van der Waals surface area contributed by atoms with Crippen LogP contribution in [-0.4, -0.2) is 23.2 Å². The Hall–Kier alpha value is -3.06. The Balaban J connectivity index is 1.69. The molecular weight excluding hydrogens is 350 g/mol. The van der Waals surface area contributed by atoms with Gasteiger partial charge in [-0.1, -0.05) is 29.5 Å². The monoisotopic (exact) mass is 365 g/mol. The van der Waals surface area contributed by atoms with Crippen molar-refractivity contribution in [3.05, 3.63) is 68.6 Å². The van der Waals surface area contributed by atoms with E-state index in [0.29, 0.717) is 10.7 Å². The van der Waals surface area contributed by atoms with E-state index in [1.807, 2.05) is 12.1 Å². The van der Waals surface area contributed by atoms with Crippen molar-refractivity contribution in [1.29, 1.82) is 0 Å². The number of hydrogen-bond acceptors (Lipinski definition) is 6. The van der Waals surface area contributed by atoms with Crippen molar-refractivity contribution in [3.63, 3.8) is 0 Å². The predicted molar refractivity (Wildman–Crippen MR) is 102 cm³/mol. The van der Waals surface area contributed by atoms with Crippen molar-refractivity contribution < 1.29 is 9.66 Å². The van der Waals surface area contributed by atoms with Crippen LogP contribution in [0.15, 0.2) is 47.5 Å². The zero-order chi connectivity index (χ0) is 18.1. The van der Waals surface area contributed by atoms with Crippen LogP contribution in [0.5, 0.6) is 5.75 Å². The van der Waals surface area contributed by atoms with Crippen LogP contribution in [-0.2, 0) is 12.8 Å². The summed E-state index contributed by atoms with van der Waals surface area (Å²) in [6.45, 7) is 0. The molecule has 0 N–H and O–H groups in total. The molecule has 0 radical (unpaired) electrons. The molecular formula is C19H15N3O3S. The third-order valence-corrected chi connectivity index (χ3v) is 5.35. The molecule has 1 aliphatic rings. The van der Waals surface area contributed by atoms with Crippen LogP contribution in [0.25, 0.3) is 11.3 Å². The standard InChI is InChI=1S/C19H15N3O3S/c1-25-14-8-6-12-7-9-17-18(15(12)10-14)21-19(26-17)20-11-13-4-2-3-5-16(13)22(23)24/h2-6,8,10-11H,7,9H2,1H3/b20-11+. The first-order chi connectivity index (χ1) is 12.7. The van der Waals surface area contributed by atoms with Gasteiger partial charge in [0.1, 0.15) is 5.75 Å². The first-order valence-electron chi connectivity index (χ1n) is 8.10. The van der Waals surface area contributed by atoms with Gasteiger partial charge < -0.3 is 4.74 Å². The van der Waals surface area contributed by atoms with Gasteiger partial charge in [0.2, 0.25) is 5.13 Å². The fraction of sp³-hybridized carbons (Fsp3) is 0.158. The summed E-state index contributed by atoms with van der Waals surface area (Å²) in [5, 5.41) is 11.7. The van der Waals surface area contributed by atoms with Crippen molar-refractivity contribution in [2.24, 2.45) is 4.99 Å². The number of thiazole rings is 1. The van der Waals surface area contributed by atoms with Crippen molar-refractivity contribution in [1.82, 2.24) is 4.98 Å². The third kappa shape index (κ3) is 2.97. The number of fused-ring (bicyclic) bond motifs is 3. The maximum Gasteiger partial charge on any atom is 0.278 e. The number of nitro groups is 1. The molecule has 0 atom stereocenters. The minimum absolute atomic E-state index is 0.0349. The molecule has 1 aromatic heterocycles. The van der Waals surface area contributed by atoms with Crippen LogP contribution in [0.1, 0.15) is 16.0 Å². The lowest BCUT2D eigenvalue weighted by Gasteiger charge is -2.15. The van der Waals surface area contributed by atoms with E-state index in [1.54, 1.807) is 25.3 Å². The van der Waals surface area contributed by atoms with Crippen molar-refractivity contribution in [3.8, 4) is 17.0 Å². The van der Waals surface area contributed by atoms with Crippen LogP contribution in [0.3, 0.4) is 0 Å². The molecule has 3 aromatic rings. The molecule has 6 nitrogen and oxygen atoms in total. The highest BCUT2D eigenvalue weighted by atomic mass is 32.1. The second-order valence-corrected chi connectivity index (χ2v) is 6.93. The van der Waals surface area contributed by atoms with Crippen LogP contribution in [0.2, 0.25) is 0 Å². The molecule has 1 aliphatic carbocycles. The molecule has 0 spiro atoms. The number of hydrogen-bond donors (Lipinski definition) is 0. The van der Waals surface area contributed by atoms with Gasteiger partial charge in [0.15, 0.2) is 0 Å². The van der Waals surface area contributed by atoms with Gasteiger partial charge in [-0.05, 0) is 36.6 Å². The zero-order valence-electron chi connectivity index (χ0n) is 14.0. The topological polar surface area (TPSA) is 77.6 Å². The van der Waals surface area contributed by atoms with Gasteiger partial charge >= 0.3 is 0 Å². The number of benzene rings is 2. The summed E-state index contributed by atoms with van der Waals surface area (Å²) in [7, 11) is 1.65. The summed E-state index contributed by atoms with van der Waals surface area (Å²) in [5.41, 5.74) is 3.76. The molecule has 1 heterocycles. The van der Waals surface area contributed by atoms with Crippen LogP contribution in [0, 0.1) is 10.1 Å². The van der Waals surface area contributed by atoms with Gasteiger partial charge in [-0.3, -0.25) is 10.1 Å². The Morgan fingerprint density at radius 1 is 1.27 bits per heavy atom. The Morgan fingerprint density at radius 3 is 2.92 bits per heavy atom. The van der Waals surface area contributed by atoms with Gasteiger partial charge in [-0.2, -0.15) is 0 Å². The number of aliphatic imine (C=N–C) groups is 1. The number of nitro benzene ring substituents is 1. The van der Waals surface area contributed by atoms with E-state index in [1.165, 1.54) is 34.1 Å². The lowest BCUT2D eigenvalue weighted by Crippen LogP contribution is -2.02. The quantitative estimate of drug-likeness (QED) is 0.385. The molecule has 0 unspecified atom stereocenters. The van der Waals surface area contributed by atoms with E-state index in [-0.39, 0.29) is 5.69 Å². The maximum absolute atomic E-state index is 11.1. The molecule has 26 heavy (non-hydrogen) atoms. The molecule has 130 valence electrons. The molecule has 2 aromatic carbocycles. The molecule has 7 heteroatoms. The summed E-state index contributed by atoms with van der Waals surface area (Å²) in [6, 6.07) is 12.6. The fourth-order valence-corrected chi connectivity index (χ4v) is 3.95. The second-order valence-electron chi connectivity index (χ2n) is 5.87. The molecule has 0 fully saturated rings. The summed E-state index contributed by atoms with van der Waals surface area (Å²) >= 11 is 1.53. The number of rotatable bonds is 4. The highest BCUT2D eigenvalue weighted by Crippen LogP contribution is 2.40. The molecule has 0 saturated heterocycles. The number of para-hydroxylation sites is 1. The Labute approximate surface area is 154 Å². The summed E-state index contributed by atoms with van der Waals surface area (Å²) in [4.78, 5) is 20.9. The Morgan fingerprint density at radius 2 is 2.12 bits per heavy atom. The molecule has 0 bridgehead atoms. The van der Waals surface area contributed by atoms with Crippen LogP contribution < -0.4 is 4.74 Å². The van der Waals surface area contributed by atoms with Crippen molar-refractivity contribution >= 4 is 28.4 Å². The summed E-state index contributed by atoms with van der Waals surface area (Å²) in [5.74, 6) is 0.801. The second kappa shape index (κ2) is 6.68. The first kappa shape index (κ1) is 16.4. The van der Waals surface area contributed by atoms with E-state index >= 15 is 0 Å². The smallest absolute Gasteiger partial charge is 0.278 e. The zero-order valence-corrected chi connectivity index (χ0v) is 14.8. The van der Waals surface area contributed by atoms with Gasteiger partial charge in [0, 0.05) is 22.7 Å². The van der Waals surface area contributed by atoms with E-state index in [9.17, 15) is 10.1 Å². The summed E-state index contributed by atoms with van der Waals surface area (Å²) < 4.78 is 5.33. The van der Waals surface area contributed by atoms with E-state index in [2.05, 4.69) is 16.0 Å². The van der Waals surface area contributed by atoms with Crippen molar-refractivity contribution in [2.45, 2.75) is 12.8 Å². The van der Waals surface area contributed by atoms with Gasteiger partial charge in [0.25, 0.3) is 5.69 Å². The summed E-state index contributed by atoms with van der Waals surface area (Å²) in [6.07, 6.45) is 3.39. The molecule has 0 amide bonds. The molecule has 0 saturated carbocycles.